The molecule has 2 aromatic rings. The van der Waals surface area contributed by atoms with Gasteiger partial charge >= 0.3 is 43.6 Å². The smallest absolute Gasteiger partial charge is 0.167 e. The first-order valence-corrected chi connectivity index (χ1v) is 11.1. The minimum absolute atomic E-state index is 0.175. The summed E-state index contributed by atoms with van der Waals surface area (Å²) in [4.78, 5) is 0. The van der Waals surface area contributed by atoms with Crippen LogP contribution in [0.1, 0.15) is 22.3 Å². The molecule has 4 rings (SSSR count). The van der Waals surface area contributed by atoms with E-state index in [1.807, 2.05) is 0 Å². The van der Waals surface area contributed by atoms with Crippen molar-refractivity contribution in [1.82, 2.24) is 0 Å². The van der Waals surface area contributed by atoms with E-state index in [0.29, 0.717) is 24.3 Å². The number of fused-ring (bicyclic) bond motifs is 4. The fourth-order valence-corrected chi connectivity index (χ4v) is 8.04. The second-order valence-corrected chi connectivity index (χ2v) is 10.6. The van der Waals surface area contributed by atoms with Crippen molar-refractivity contribution >= 4 is 18.3 Å². The second-order valence-electron chi connectivity index (χ2n) is 8.13. The van der Waals surface area contributed by atoms with Gasteiger partial charge in [0.15, 0.2) is 10.6 Å². The Labute approximate surface area is 189 Å². The number of benzene rings is 2. The third kappa shape index (κ3) is 3.11. The number of alkyl halides is 12. The van der Waals surface area contributed by atoms with Crippen LogP contribution < -0.4 is 10.6 Å². The first-order chi connectivity index (χ1) is 15.7. The Morgan fingerprint density at radius 2 is 0.829 bits per heavy atom. The van der Waals surface area contributed by atoms with Crippen molar-refractivity contribution in [3.05, 3.63) is 58.7 Å². The summed E-state index contributed by atoms with van der Waals surface area (Å²) in [7, 11) is -5.53. The van der Waals surface area contributed by atoms with Crippen molar-refractivity contribution in [2.24, 2.45) is 0 Å². The third-order valence-electron chi connectivity index (χ3n) is 5.82. The zero-order chi connectivity index (χ0) is 26.6. The maximum Gasteiger partial charge on any atom is 0.435 e. The molecule has 0 radical (unpaired) electrons. The number of rotatable bonds is 0. The van der Waals surface area contributed by atoms with Crippen LogP contribution >= 0.6 is 7.72 Å². The standard InChI is InChI=1S/C20H12F12O2P/c1-9-3-5-13-11(7-9)15(17(21,22)23,18(24,25)26)33-35(13)14-6-4-10(2)8-12(14)16(34-35,19(27,28)29)20(30,31)32/h3-8H,1-2H3/q+1. The van der Waals surface area contributed by atoms with Gasteiger partial charge in [-0.1, -0.05) is 23.3 Å². The first-order valence-electron chi connectivity index (χ1n) is 9.46. The van der Waals surface area contributed by atoms with E-state index in [0.717, 1.165) is 26.0 Å². The van der Waals surface area contributed by atoms with Crippen molar-refractivity contribution in [1.29, 1.82) is 0 Å². The molecule has 15 heteroatoms. The molecule has 0 bridgehead atoms. The van der Waals surface area contributed by atoms with Gasteiger partial charge in [0.05, 0.1) is 11.1 Å². The quantitative estimate of drug-likeness (QED) is 0.269. The predicted octanol–water partition coefficient (Wildman–Crippen LogP) is 6.80. The van der Waals surface area contributed by atoms with Gasteiger partial charge in [0.2, 0.25) is 0 Å². The lowest BCUT2D eigenvalue weighted by atomic mass is 9.91. The van der Waals surface area contributed by atoms with E-state index in [1.54, 1.807) is 0 Å². The Morgan fingerprint density at radius 3 is 1.09 bits per heavy atom. The van der Waals surface area contributed by atoms with Crippen LogP contribution in [0.4, 0.5) is 52.7 Å². The van der Waals surface area contributed by atoms with Crippen LogP contribution in [0.15, 0.2) is 36.4 Å². The summed E-state index contributed by atoms with van der Waals surface area (Å²) in [6.07, 6.45) is -25.3. The van der Waals surface area contributed by atoms with E-state index in [9.17, 15) is 52.7 Å². The van der Waals surface area contributed by atoms with Gasteiger partial charge in [-0.3, -0.25) is 0 Å². The van der Waals surface area contributed by atoms with Crippen molar-refractivity contribution in [3.8, 4) is 0 Å². The molecule has 0 saturated heterocycles. The zero-order valence-corrected chi connectivity index (χ0v) is 18.2. The third-order valence-corrected chi connectivity index (χ3v) is 8.94. The lowest BCUT2D eigenvalue weighted by molar-refractivity contribution is -0.374. The van der Waals surface area contributed by atoms with E-state index in [1.165, 1.54) is 0 Å². The molecule has 2 aliphatic rings. The van der Waals surface area contributed by atoms with Gasteiger partial charge in [0.25, 0.3) is 0 Å². The maximum absolute atomic E-state index is 14.1. The highest BCUT2D eigenvalue weighted by Crippen LogP contribution is 2.81. The molecule has 0 fully saturated rings. The fraction of sp³-hybridized carbons (Fsp3) is 0.400. The highest BCUT2D eigenvalue weighted by atomic mass is 31.2. The largest absolute Gasteiger partial charge is 0.435 e. The Balaban J connectivity index is 2.19. The van der Waals surface area contributed by atoms with Crippen LogP contribution in [0.3, 0.4) is 0 Å². The highest BCUT2D eigenvalue weighted by molar-refractivity contribution is 7.82. The molecule has 0 unspecified atom stereocenters. The summed E-state index contributed by atoms with van der Waals surface area (Å²) in [5.74, 6) is 0. The Bertz CT molecular complexity index is 1070. The summed E-state index contributed by atoms with van der Waals surface area (Å²) < 4.78 is 179. The van der Waals surface area contributed by atoms with Gasteiger partial charge in [-0.25, -0.2) is 0 Å². The monoisotopic (exact) mass is 543 g/mol. The summed E-state index contributed by atoms with van der Waals surface area (Å²) in [5, 5.41) is -2.34. The molecule has 0 saturated carbocycles. The van der Waals surface area contributed by atoms with Crippen LogP contribution in [0, 0.1) is 13.8 Å². The molecule has 0 atom stereocenters. The molecule has 2 aliphatic heterocycles. The van der Waals surface area contributed by atoms with Crippen LogP contribution in [0.25, 0.3) is 0 Å². The Morgan fingerprint density at radius 1 is 0.543 bits per heavy atom. The Hall–Kier alpha value is -2.05. The summed E-state index contributed by atoms with van der Waals surface area (Å²) in [6.45, 7) is 2.20. The molecule has 35 heavy (non-hydrogen) atoms. The Kier molecular flexibility index (Phi) is 5.23. The van der Waals surface area contributed by atoms with Crippen molar-refractivity contribution in [2.75, 3.05) is 0 Å². The molecule has 1 spiro atoms. The molecule has 2 nitrogen and oxygen atoms in total. The van der Waals surface area contributed by atoms with E-state index in [-0.39, 0.29) is 11.1 Å². The minimum atomic E-state index is -6.33. The number of halogens is 12. The zero-order valence-electron chi connectivity index (χ0n) is 17.3. The number of hydrogen-bond donors (Lipinski definition) is 0. The van der Waals surface area contributed by atoms with Crippen molar-refractivity contribution < 1.29 is 61.7 Å². The normalized spacial score (nSPS) is 20.7. The van der Waals surface area contributed by atoms with Gasteiger partial charge in [-0.05, 0) is 38.1 Å². The van der Waals surface area contributed by atoms with Gasteiger partial charge in [-0.2, -0.15) is 61.7 Å². The van der Waals surface area contributed by atoms with Gasteiger partial charge in [0, 0.05) is 0 Å². The van der Waals surface area contributed by atoms with Crippen LogP contribution in [0.2, 0.25) is 0 Å². The van der Waals surface area contributed by atoms with E-state index >= 15 is 0 Å². The SMILES string of the molecule is Cc1ccc2c(c1)C(C(F)(F)F)(C(F)(F)F)O[P+]21OC(C(F)(F)F)(C(F)(F)F)c2cc(C)ccc21. The second kappa shape index (κ2) is 7.04. The van der Waals surface area contributed by atoms with E-state index in [4.69, 9.17) is 0 Å². The molecule has 0 N–H and O–H groups in total. The lowest BCUT2D eigenvalue weighted by Gasteiger charge is -2.33. The first kappa shape index (κ1) is 26.0. The van der Waals surface area contributed by atoms with Crippen molar-refractivity contribution in [3.63, 3.8) is 0 Å². The topological polar surface area (TPSA) is 18.5 Å². The summed E-state index contributed by atoms with van der Waals surface area (Å²) in [5.41, 5.74) is -14.2. The van der Waals surface area contributed by atoms with Gasteiger partial charge in [-0.15, -0.1) is 0 Å². The number of hydrogen-bond acceptors (Lipinski definition) is 2. The van der Waals surface area contributed by atoms with E-state index in [2.05, 4.69) is 9.05 Å². The van der Waals surface area contributed by atoms with Crippen LogP contribution in [-0.2, 0) is 20.2 Å². The van der Waals surface area contributed by atoms with E-state index < -0.39 is 65.4 Å². The summed E-state index contributed by atoms with van der Waals surface area (Å²) >= 11 is 0. The maximum atomic E-state index is 14.1. The van der Waals surface area contributed by atoms with Crippen molar-refractivity contribution in [2.45, 2.75) is 49.8 Å². The fourth-order valence-electron chi connectivity index (χ4n) is 4.35. The molecule has 0 amide bonds. The molecular weight excluding hydrogens is 531 g/mol. The molecule has 2 heterocycles. The molecule has 2 aromatic carbocycles. The number of aryl methyl sites for hydroxylation is 2. The average Bonchev–Trinajstić information content (AvgIpc) is 3.12. The molecule has 0 aromatic heterocycles. The molecular formula is C20H12F12O2P+. The average molecular weight is 543 g/mol. The summed E-state index contributed by atoms with van der Waals surface area (Å²) in [6, 6.07) is 3.83. The van der Waals surface area contributed by atoms with Gasteiger partial charge < -0.3 is 0 Å². The van der Waals surface area contributed by atoms with Crippen LogP contribution in [0.5, 0.6) is 0 Å². The van der Waals surface area contributed by atoms with Crippen LogP contribution in [-0.4, -0.2) is 24.7 Å². The minimum Gasteiger partial charge on any atom is -0.167 e. The predicted molar refractivity (Wildman–Crippen MR) is 98.3 cm³/mol. The van der Waals surface area contributed by atoms with Gasteiger partial charge in [0.1, 0.15) is 0 Å². The highest BCUT2D eigenvalue weighted by Gasteiger charge is 2.91. The lowest BCUT2D eigenvalue weighted by Crippen LogP contribution is -2.55. The molecule has 0 aliphatic carbocycles. The molecule has 192 valence electrons.